The van der Waals surface area contributed by atoms with Crippen LogP contribution in [0.2, 0.25) is 0 Å². The SMILES string of the molecule is CC(Nc1nc(N)nc(Nc2cc(S(=O)(=O)O)ccc2SOOO)n1)NS(C)(=O)=O. The zero-order valence-corrected chi connectivity index (χ0v) is 17.7. The van der Waals surface area contributed by atoms with Gasteiger partial charge in [0.15, 0.2) is 0 Å². The lowest BCUT2D eigenvalue weighted by molar-refractivity contribution is -0.432. The minimum atomic E-state index is -4.53. The molecular formula is C12H17N7O8S3. The fourth-order valence-corrected chi connectivity index (χ4v) is 3.70. The van der Waals surface area contributed by atoms with Crippen LogP contribution in [0, 0.1) is 0 Å². The van der Waals surface area contributed by atoms with Gasteiger partial charge >= 0.3 is 0 Å². The molecule has 1 heterocycles. The first-order chi connectivity index (χ1) is 13.9. The molecule has 7 N–H and O–H groups in total. The van der Waals surface area contributed by atoms with Gasteiger partial charge in [0.05, 0.1) is 39.9 Å². The Labute approximate surface area is 175 Å². The number of aromatic nitrogens is 3. The molecule has 2 aromatic rings. The average molecular weight is 484 g/mol. The first kappa shape index (κ1) is 24.0. The minimum Gasteiger partial charge on any atom is -0.368 e. The zero-order valence-electron chi connectivity index (χ0n) is 15.3. The molecule has 0 saturated heterocycles. The summed E-state index contributed by atoms with van der Waals surface area (Å²) in [6, 6.07) is 3.37. The van der Waals surface area contributed by atoms with Crippen LogP contribution < -0.4 is 21.1 Å². The number of hydrogen-bond donors (Lipinski definition) is 6. The van der Waals surface area contributed by atoms with Gasteiger partial charge in [-0.3, -0.25) is 4.55 Å². The van der Waals surface area contributed by atoms with Crippen molar-refractivity contribution in [1.29, 1.82) is 0 Å². The molecule has 1 aromatic heterocycles. The van der Waals surface area contributed by atoms with Crippen molar-refractivity contribution in [3.63, 3.8) is 0 Å². The number of hydrogen-bond acceptors (Lipinski definition) is 14. The molecule has 1 unspecified atom stereocenters. The van der Waals surface area contributed by atoms with Gasteiger partial charge in [-0.15, -0.1) is 4.33 Å². The number of rotatable bonds is 10. The highest BCUT2D eigenvalue weighted by Gasteiger charge is 2.16. The van der Waals surface area contributed by atoms with E-state index in [2.05, 4.69) is 39.7 Å². The lowest BCUT2D eigenvalue weighted by Gasteiger charge is -2.15. The van der Waals surface area contributed by atoms with Crippen molar-refractivity contribution in [3.05, 3.63) is 18.2 Å². The van der Waals surface area contributed by atoms with Crippen LogP contribution in [0.15, 0.2) is 28.0 Å². The summed E-state index contributed by atoms with van der Waals surface area (Å²) < 4.78 is 61.2. The minimum absolute atomic E-state index is 0.0334. The smallest absolute Gasteiger partial charge is 0.294 e. The molecule has 0 amide bonds. The number of benzene rings is 1. The van der Waals surface area contributed by atoms with E-state index >= 15 is 0 Å². The summed E-state index contributed by atoms with van der Waals surface area (Å²) in [6.45, 7) is 1.49. The third-order valence-electron chi connectivity index (χ3n) is 3.04. The first-order valence-electron chi connectivity index (χ1n) is 7.66. The van der Waals surface area contributed by atoms with Crippen molar-refractivity contribution < 1.29 is 36.0 Å². The van der Waals surface area contributed by atoms with Gasteiger partial charge in [0, 0.05) is 0 Å². The Hall–Kier alpha value is -2.32. The quantitative estimate of drug-likeness (QED) is 0.0870. The van der Waals surface area contributed by atoms with Crippen molar-refractivity contribution >= 4 is 55.7 Å². The summed E-state index contributed by atoms with van der Waals surface area (Å²) in [7, 11) is -8.04. The van der Waals surface area contributed by atoms with E-state index in [1.54, 1.807) is 0 Å². The van der Waals surface area contributed by atoms with E-state index in [0.29, 0.717) is 12.0 Å². The fraction of sp³-hybridized carbons (Fsp3) is 0.250. The Morgan fingerprint density at radius 3 is 2.43 bits per heavy atom. The normalized spacial score (nSPS) is 13.1. The Balaban J connectivity index is 2.35. The molecule has 0 aliphatic carbocycles. The molecule has 0 fully saturated rings. The summed E-state index contributed by atoms with van der Waals surface area (Å²) in [5.41, 5.74) is 5.67. The zero-order chi connectivity index (χ0) is 22.5. The molecule has 0 radical (unpaired) electrons. The molecule has 0 bridgehead atoms. The van der Waals surface area contributed by atoms with Crippen molar-refractivity contribution in [1.82, 2.24) is 19.7 Å². The van der Waals surface area contributed by atoms with Crippen LogP contribution in [0.25, 0.3) is 0 Å². The second kappa shape index (κ2) is 9.66. The van der Waals surface area contributed by atoms with Crippen LogP contribution in [0.3, 0.4) is 0 Å². The molecule has 1 atom stereocenters. The van der Waals surface area contributed by atoms with Crippen LogP contribution >= 0.6 is 12.0 Å². The van der Waals surface area contributed by atoms with E-state index < -0.39 is 31.2 Å². The number of nitrogens with two attached hydrogens (primary N) is 1. The predicted molar refractivity (Wildman–Crippen MR) is 105 cm³/mol. The van der Waals surface area contributed by atoms with E-state index in [-0.39, 0.29) is 28.4 Å². The van der Waals surface area contributed by atoms with Crippen molar-refractivity contribution in [3.8, 4) is 0 Å². The molecule has 18 heteroatoms. The third kappa shape index (κ3) is 7.50. The maximum atomic E-state index is 11.4. The summed E-state index contributed by atoms with van der Waals surface area (Å²) in [5, 5.41) is 17.2. The van der Waals surface area contributed by atoms with Gasteiger partial charge in [-0.25, -0.2) is 13.7 Å². The number of nitrogens with zero attached hydrogens (tertiary/aromatic N) is 3. The molecule has 1 aromatic carbocycles. The van der Waals surface area contributed by atoms with Crippen molar-refractivity contribution in [2.24, 2.45) is 0 Å². The number of nitrogen functional groups attached to an aromatic ring is 1. The highest BCUT2D eigenvalue weighted by atomic mass is 32.2. The molecule has 2 rings (SSSR count). The summed E-state index contributed by atoms with van der Waals surface area (Å²) in [5.74, 6) is -0.490. The Bertz CT molecular complexity index is 1110. The van der Waals surface area contributed by atoms with Crippen LogP contribution in [0.5, 0.6) is 0 Å². The monoisotopic (exact) mass is 483 g/mol. The van der Waals surface area contributed by atoms with Crippen LogP contribution in [-0.4, -0.2) is 54.0 Å². The van der Waals surface area contributed by atoms with Crippen LogP contribution in [0.4, 0.5) is 23.5 Å². The number of nitrogens with one attached hydrogen (secondary N) is 3. The number of anilines is 4. The van der Waals surface area contributed by atoms with Gasteiger partial charge in [-0.1, -0.05) is 5.04 Å². The topological polar surface area (TPSA) is 228 Å². The Morgan fingerprint density at radius 2 is 1.83 bits per heavy atom. The standard InChI is InChI=1S/C12H17N7O8S3/c1-6(19-29(2,21)22)14-11-16-10(13)17-12(18-11)15-8-5-7(30(23,24)25)3-4-9(8)28-27-26-20/h3-6,19-20H,1-2H3,(H,23,24,25)(H4,13,14,15,16,17,18). The highest BCUT2D eigenvalue weighted by molar-refractivity contribution is 7.94. The largest absolute Gasteiger partial charge is 0.368 e. The Morgan fingerprint density at radius 1 is 1.17 bits per heavy atom. The molecular weight excluding hydrogens is 466 g/mol. The summed E-state index contributed by atoms with van der Waals surface area (Å²) in [4.78, 5) is 11.4. The molecule has 0 spiro atoms. The lowest BCUT2D eigenvalue weighted by atomic mass is 10.3. The maximum absolute atomic E-state index is 11.4. The molecule has 0 saturated carbocycles. The van der Waals surface area contributed by atoms with E-state index in [0.717, 1.165) is 18.4 Å². The van der Waals surface area contributed by atoms with Crippen molar-refractivity contribution in [2.75, 3.05) is 22.6 Å². The summed E-state index contributed by atoms with van der Waals surface area (Å²) in [6.07, 6.45) is 0.179. The van der Waals surface area contributed by atoms with Gasteiger partial charge in [-0.05, 0) is 25.1 Å². The molecule has 166 valence electrons. The average Bonchev–Trinajstić information content (AvgIpc) is 2.57. The predicted octanol–water partition coefficient (Wildman–Crippen LogP) is 0.180. The molecule has 15 nitrogen and oxygen atoms in total. The van der Waals surface area contributed by atoms with Crippen molar-refractivity contribution in [2.45, 2.75) is 22.9 Å². The fourth-order valence-electron chi connectivity index (χ4n) is 2.07. The van der Waals surface area contributed by atoms with Gasteiger partial charge in [0.2, 0.25) is 27.9 Å². The Kier molecular flexibility index (Phi) is 7.71. The molecule has 0 aliphatic heterocycles. The van der Waals surface area contributed by atoms with Crippen LogP contribution in [0.1, 0.15) is 6.92 Å². The van der Waals surface area contributed by atoms with E-state index in [9.17, 15) is 21.4 Å². The summed E-state index contributed by atoms with van der Waals surface area (Å²) >= 11 is 0.505. The van der Waals surface area contributed by atoms with Gasteiger partial charge in [0.25, 0.3) is 10.1 Å². The van der Waals surface area contributed by atoms with Crippen LogP contribution in [-0.2, 0) is 29.5 Å². The van der Waals surface area contributed by atoms with E-state index in [4.69, 9.17) is 11.0 Å². The molecule has 30 heavy (non-hydrogen) atoms. The third-order valence-corrected chi connectivity index (χ3v) is 5.33. The number of sulfonamides is 1. The lowest BCUT2D eigenvalue weighted by Crippen LogP contribution is -2.37. The van der Waals surface area contributed by atoms with Gasteiger partial charge in [0.1, 0.15) is 0 Å². The first-order valence-corrected chi connectivity index (χ1v) is 11.7. The second-order valence-corrected chi connectivity index (χ2v) is 9.52. The maximum Gasteiger partial charge on any atom is 0.294 e. The van der Waals surface area contributed by atoms with Gasteiger partial charge < -0.3 is 16.4 Å². The second-order valence-electron chi connectivity index (χ2n) is 5.58. The highest BCUT2D eigenvalue weighted by Crippen LogP contribution is 2.32. The van der Waals surface area contributed by atoms with E-state index in [1.165, 1.54) is 13.0 Å². The molecule has 0 aliphatic rings. The van der Waals surface area contributed by atoms with E-state index in [1.807, 2.05) is 0 Å². The van der Waals surface area contributed by atoms with Gasteiger partial charge in [-0.2, -0.15) is 28.1 Å².